The Balaban J connectivity index is 1.79. The van der Waals surface area contributed by atoms with Gasteiger partial charge in [0, 0.05) is 0 Å². The first-order chi connectivity index (χ1) is 11.6. The van der Waals surface area contributed by atoms with Gasteiger partial charge < -0.3 is 14.8 Å². The quantitative estimate of drug-likeness (QED) is 0.753. The van der Waals surface area contributed by atoms with Crippen LogP contribution >= 0.6 is 0 Å². The molecule has 0 aliphatic rings. The Hall–Kier alpha value is -2.49. The third kappa shape index (κ3) is 5.30. The largest absolute Gasteiger partial charge is 0.492 e. The predicted molar refractivity (Wildman–Crippen MR) is 95.6 cm³/mol. The van der Waals surface area contributed by atoms with Crippen molar-refractivity contribution in [2.24, 2.45) is 0 Å². The summed E-state index contributed by atoms with van der Waals surface area (Å²) in [6.07, 6.45) is 0.113. The number of nitrogens with one attached hydrogen (secondary N) is 1. The van der Waals surface area contributed by atoms with Gasteiger partial charge in [-0.25, -0.2) is 0 Å². The number of benzene rings is 2. The van der Waals surface area contributed by atoms with Crippen molar-refractivity contribution < 1.29 is 14.3 Å². The molecule has 0 radical (unpaired) electrons. The summed E-state index contributed by atoms with van der Waals surface area (Å²) in [6, 6.07) is 15.4. The maximum absolute atomic E-state index is 12.3. The third-order valence-electron chi connectivity index (χ3n) is 3.83. The van der Waals surface area contributed by atoms with Crippen molar-refractivity contribution in [2.75, 3.05) is 13.2 Å². The minimum absolute atomic E-state index is 0.118. The molecule has 0 heterocycles. The summed E-state index contributed by atoms with van der Waals surface area (Å²) in [7, 11) is 0. The normalized spacial score (nSPS) is 11.6. The molecule has 4 nitrogen and oxygen atoms in total. The average Bonchev–Trinajstić information content (AvgIpc) is 2.60. The lowest BCUT2D eigenvalue weighted by Gasteiger charge is -2.18. The van der Waals surface area contributed by atoms with Gasteiger partial charge in [-0.1, -0.05) is 31.2 Å². The average molecular weight is 327 g/mol. The molecule has 1 amide bonds. The second-order valence-corrected chi connectivity index (χ2v) is 5.71. The van der Waals surface area contributed by atoms with Crippen LogP contribution in [0.1, 0.15) is 24.5 Å². The first-order valence-corrected chi connectivity index (χ1v) is 8.29. The highest BCUT2D eigenvalue weighted by Crippen LogP contribution is 2.18. The summed E-state index contributed by atoms with van der Waals surface area (Å²) >= 11 is 0. The minimum Gasteiger partial charge on any atom is -0.492 e. The summed E-state index contributed by atoms with van der Waals surface area (Å²) in [4.78, 5) is 12.3. The van der Waals surface area contributed by atoms with Crippen LogP contribution in [0.2, 0.25) is 0 Å². The molecular weight excluding hydrogens is 302 g/mol. The molecule has 0 aliphatic carbocycles. The van der Waals surface area contributed by atoms with Gasteiger partial charge >= 0.3 is 0 Å². The second-order valence-electron chi connectivity index (χ2n) is 5.71. The summed E-state index contributed by atoms with van der Waals surface area (Å²) in [5.41, 5.74) is 2.36. The van der Waals surface area contributed by atoms with Gasteiger partial charge in [-0.05, 0) is 55.7 Å². The van der Waals surface area contributed by atoms with E-state index in [0.717, 1.165) is 17.1 Å². The Morgan fingerprint density at radius 3 is 2.46 bits per heavy atom. The molecule has 0 saturated heterocycles. The first kappa shape index (κ1) is 17.9. The maximum atomic E-state index is 12.3. The monoisotopic (exact) mass is 327 g/mol. The van der Waals surface area contributed by atoms with Gasteiger partial charge in [0.25, 0.3) is 5.91 Å². The molecule has 0 unspecified atom stereocenters. The van der Waals surface area contributed by atoms with E-state index in [-0.39, 0.29) is 5.91 Å². The SMILES string of the molecule is CC[C@@H](Oc1ccc(C)c(C)c1)C(=O)NCCOc1ccccc1. The highest BCUT2D eigenvalue weighted by Gasteiger charge is 2.18. The molecule has 0 fully saturated rings. The second kappa shape index (κ2) is 8.96. The van der Waals surface area contributed by atoms with Crippen LogP contribution in [-0.2, 0) is 4.79 Å². The lowest BCUT2D eigenvalue weighted by molar-refractivity contribution is -0.128. The first-order valence-electron chi connectivity index (χ1n) is 8.29. The number of ether oxygens (including phenoxy) is 2. The standard InChI is InChI=1S/C20H25NO3/c1-4-19(24-18-11-10-15(2)16(3)14-18)20(22)21-12-13-23-17-8-6-5-7-9-17/h5-11,14,19H,4,12-13H2,1-3H3,(H,21,22)/t19-/m1/s1. The number of para-hydroxylation sites is 1. The zero-order chi connectivity index (χ0) is 17.4. The van der Waals surface area contributed by atoms with Crippen molar-refractivity contribution in [2.45, 2.75) is 33.3 Å². The number of rotatable bonds is 8. The molecule has 1 N–H and O–H groups in total. The van der Waals surface area contributed by atoms with Gasteiger partial charge in [-0.3, -0.25) is 4.79 Å². The lowest BCUT2D eigenvalue weighted by atomic mass is 10.1. The van der Waals surface area contributed by atoms with Crippen LogP contribution < -0.4 is 14.8 Å². The minimum atomic E-state index is -0.496. The van der Waals surface area contributed by atoms with Crippen LogP contribution in [0.25, 0.3) is 0 Å². The number of amides is 1. The van der Waals surface area contributed by atoms with Crippen LogP contribution in [0, 0.1) is 13.8 Å². The molecule has 0 bridgehead atoms. The van der Waals surface area contributed by atoms with Gasteiger partial charge in [0.15, 0.2) is 6.10 Å². The number of carbonyl (C=O) groups excluding carboxylic acids is 1. The highest BCUT2D eigenvalue weighted by atomic mass is 16.5. The fraction of sp³-hybridized carbons (Fsp3) is 0.350. The van der Waals surface area contributed by atoms with E-state index in [9.17, 15) is 4.79 Å². The van der Waals surface area contributed by atoms with Crippen molar-refractivity contribution in [3.05, 3.63) is 59.7 Å². The molecule has 24 heavy (non-hydrogen) atoms. The molecule has 2 rings (SSSR count). The van der Waals surface area contributed by atoms with E-state index in [4.69, 9.17) is 9.47 Å². The molecule has 2 aromatic rings. The van der Waals surface area contributed by atoms with Gasteiger partial charge in [-0.15, -0.1) is 0 Å². The van der Waals surface area contributed by atoms with Crippen molar-refractivity contribution in [3.63, 3.8) is 0 Å². The van der Waals surface area contributed by atoms with Gasteiger partial charge in [-0.2, -0.15) is 0 Å². The summed E-state index contributed by atoms with van der Waals surface area (Å²) in [5.74, 6) is 1.40. The van der Waals surface area contributed by atoms with E-state index < -0.39 is 6.10 Å². The topological polar surface area (TPSA) is 47.6 Å². The van der Waals surface area contributed by atoms with E-state index >= 15 is 0 Å². The molecule has 1 atom stereocenters. The Kier molecular flexibility index (Phi) is 6.67. The van der Waals surface area contributed by atoms with E-state index in [2.05, 4.69) is 12.2 Å². The van der Waals surface area contributed by atoms with Crippen molar-refractivity contribution in [1.29, 1.82) is 0 Å². The zero-order valence-corrected chi connectivity index (χ0v) is 14.5. The lowest BCUT2D eigenvalue weighted by Crippen LogP contribution is -2.39. The fourth-order valence-electron chi connectivity index (χ4n) is 2.25. The smallest absolute Gasteiger partial charge is 0.261 e. The third-order valence-corrected chi connectivity index (χ3v) is 3.83. The Morgan fingerprint density at radius 1 is 1.04 bits per heavy atom. The van der Waals surface area contributed by atoms with Crippen LogP contribution in [0.4, 0.5) is 0 Å². The highest BCUT2D eigenvalue weighted by molar-refractivity contribution is 5.81. The van der Waals surface area contributed by atoms with E-state index in [1.165, 1.54) is 5.56 Å². The molecule has 0 saturated carbocycles. The fourth-order valence-corrected chi connectivity index (χ4v) is 2.25. The van der Waals surface area contributed by atoms with Crippen LogP contribution in [0.5, 0.6) is 11.5 Å². The van der Waals surface area contributed by atoms with Crippen molar-refractivity contribution in [1.82, 2.24) is 5.32 Å². The van der Waals surface area contributed by atoms with Crippen LogP contribution in [0.3, 0.4) is 0 Å². The van der Waals surface area contributed by atoms with Crippen molar-refractivity contribution in [3.8, 4) is 11.5 Å². The number of hydrogen-bond acceptors (Lipinski definition) is 3. The molecule has 4 heteroatoms. The number of aryl methyl sites for hydroxylation is 2. The van der Waals surface area contributed by atoms with Crippen LogP contribution in [0.15, 0.2) is 48.5 Å². The molecule has 2 aromatic carbocycles. The van der Waals surface area contributed by atoms with E-state index in [1.807, 2.05) is 62.4 Å². The molecule has 0 aliphatic heterocycles. The molecule has 128 valence electrons. The predicted octanol–water partition coefficient (Wildman–Crippen LogP) is 3.66. The van der Waals surface area contributed by atoms with Gasteiger partial charge in [0.1, 0.15) is 18.1 Å². The van der Waals surface area contributed by atoms with Gasteiger partial charge in [0.2, 0.25) is 0 Å². The summed E-state index contributed by atoms with van der Waals surface area (Å²) < 4.78 is 11.4. The number of carbonyl (C=O) groups is 1. The maximum Gasteiger partial charge on any atom is 0.261 e. The number of hydrogen-bond donors (Lipinski definition) is 1. The summed E-state index contributed by atoms with van der Waals surface area (Å²) in [5, 5.41) is 2.86. The zero-order valence-electron chi connectivity index (χ0n) is 14.5. The summed E-state index contributed by atoms with van der Waals surface area (Å²) in [6.45, 7) is 6.89. The van der Waals surface area contributed by atoms with E-state index in [0.29, 0.717) is 19.6 Å². The van der Waals surface area contributed by atoms with Crippen LogP contribution in [-0.4, -0.2) is 25.2 Å². The van der Waals surface area contributed by atoms with Gasteiger partial charge in [0.05, 0.1) is 6.54 Å². The molecule has 0 aromatic heterocycles. The molecule has 0 spiro atoms. The van der Waals surface area contributed by atoms with E-state index in [1.54, 1.807) is 0 Å². The Labute approximate surface area is 143 Å². The van der Waals surface area contributed by atoms with Crippen molar-refractivity contribution >= 4 is 5.91 Å². The molecular formula is C20H25NO3. The Bertz CT molecular complexity index is 655. The Morgan fingerprint density at radius 2 is 1.79 bits per heavy atom.